The minimum Gasteiger partial charge on any atom is -0.493 e. The van der Waals surface area contributed by atoms with E-state index < -0.39 is 0 Å². The molecule has 1 saturated heterocycles. The Kier molecular flexibility index (Phi) is 4.12. The number of nitrogens with zero attached hydrogens (tertiary/aromatic N) is 2. The number of hydrogen-bond acceptors (Lipinski definition) is 4. The van der Waals surface area contributed by atoms with Crippen LogP contribution in [-0.2, 0) is 4.74 Å². The lowest BCUT2D eigenvalue weighted by molar-refractivity contribution is -0.0726. The number of rotatable bonds is 3. The van der Waals surface area contributed by atoms with Crippen molar-refractivity contribution in [2.45, 2.75) is 25.6 Å². The topological polar surface area (TPSA) is 34.6 Å². The number of pyridine rings is 1. The Morgan fingerprint density at radius 1 is 1.61 bits per heavy atom. The standard InChI is InChI=1S/C13H19BrN2O2/c1-13(2)9-16(8-10(7-14)18-13)12-11(17-3)5-4-6-15-12/h4-6,10H,7-9H2,1-3H3. The van der Waals surface area contributed by atoms with Gasteiger partial charge < -0.3 is 14.4 Å². The van der Waals surface area contributed by atoms with E-state index in [1.165, 1.54) is 0 Å². The Morgan fingerprint density at radius 2 is 2.39 bits per heavy atom. The molecule has 1 aliphatic rings. The Hall–Kier alpha value is -0.810. The van der Waals surface area contributed by atoms with Crippen LogP contribution in [0.2, 0.25) is 0 Å². The van der Waals surface area contributed by atoms with Gasteiger partial charge >= 0.3 is 0 Å². The molecule has 2 heterocycles. The van der Waals surface area contributed by atoms with E-state index in [9.17, 15) is 0 Å². The molecule has 0 aromatic carbocycles. The van der Waals surface area contributed by atoms with Gasteiger partial charge in [0.1, 0.15) is 0 Å². The molecule has 100 valence electrons. The van der Waals surface area contributed by atoms with Gasteiger partial charge in [0.25, 0.3) is 0 Å². The second kappa shape index (κ2) is 5.45. The highest BCUT2D eigenvalue weighted by Crippen LogP contribution is 2.31. The highest BCUT2D eigenvalue weighted by Gasteiger charge is 2.34. The zero-order chi connectivity index (χ0) is 13.2. The molecule has 1 aromatic rings. The lowest BCUT2D eigenvalue weighted by Gasteiger charge is -2.43. The number of anilines is 1. The van der Waals surface area contributed by atoms with Gasteiger partial charge in [-0.3, -0.25) is 0 Å². The van der Waals surface area contributed by atoms with E-state index in [4.69, 9.17) is 9.47 Å². The van der Waals surface area contributed by atoms with Crippen molar-refractivity contribution in [3.8, 4) is 5.75 Å². The Balaban J connectivity index is 2.26. The maximum absolute atomic E-state index is 5.99. The molecule has 1 unspecified atom stereocenters. The molecule has 0 amide bonds. The van der Waals surface area contributed by atoms with E-state index in [0.29, 0.717) is 0 Å². The fraction of sp³-hybridized carbons (Fsp3) is 0.615. The van der Waals surface area contributed by atoms with Crippen molar-refractivity contribution in [3.05, 3.63) is 18.3 Å². The zero-order valence-corrected chi connectivity index (χ0v) is 12.6. The largest absolute Gasteiger partial charge is 0.493 e. The van der Waals surface area contributed by atoms with Crippen molar-refractivity contribution in [1.29, 1.82) is 0 Å². The third kappa shape index (κ3) is 2.95. The number of hydrogen-bond donors (Lipinski definition) is 0. The second-order valence-corrected chi connectivity index (χ2v) is 5.71. The summed E-state index contributed by atoms with van der Waals surface area (Å²) in [6.45, 7) is 5.83. The molecule has 0 bridgehead atoms. The van der Waals surface area contributed by atoms with Crippen molar-refractivity contribution in [1.82, 2.24) is 4.98 Å². The van der Waals surface area contributed by atoms with Crippen LogP contribution in [-0.4, -0.2) is 42.2 Å². The highest BCUT2D eigenvalue weighted by atomic mass is 79.9. The molecule has 0 aliphatic carbocycles. The van der Waals surface area contributed by atoms with Gasteiger partial charge in [0, 0.05) is 24.6 Å². The van der Waals surface area contributed by atoms with Gasteiger partial charge in [-0.1, -0.05) is 15.9 Å². The van der Waals surface area contributed by atoms with Crippen molar-refractivity contribution >= 4 is 21.7 Å². The maximum atomic E-state index is 5.99. The minimum absolute atomic E-state index is 0.167. The molecular formula is C13H19BrN2O2. The van der Waals surface area contributed by atoms with E-state index in [2.05, 4.69) is 39.7 Å². The van der Waals surface area contributed by atoms with Gasteiger partial charge in [-0.15, -0.1) is 0 Å². The monoisotopic (exact) mass is 314 g/mol. The third-order valence-electron chi connectivity index (χ3n) is 2.92. The number of morpholine rings is 1. The number of aromatic nitrogens is 1. The smallest absolute Gasteiger partial charge is 0.171 e. The maximum Gasteiger partial charge on any atom is 0.171 e. The molecule has 0 spiro atoms. The van der Waals surface area contributed by atoms with Gasteiger partial charge in [-0.05, 0) is 26.0 Å². The summed E-state index contributed by atoms with van der Waals surface area (Å²) >= 11 is 3.49. The van der Waals surface area contributed by atoms with Crippen molar-refractivity contribution in [3.63, 3.8) is 0 Å². The number of halogens is 1. The summed E-state index contributed by atoms with van der Waals surface area (Å²) in [4.78, 5) is 6.67. The van der Waals surface area contributed by atoms with E-state index >= 15 is 0 Å². The average Bonchev–Trinajstić information content (AvgIpc) is 2.36. The van der Waals surface area contributed by atoms with Gasteiger partial charge in [-0.25, -0.2) is 4.98 Å². The van der Waals surface area contributed by atoms with Crippen LogP contribution in [0.1, 0.15) is 13.8 Å². The quantitative estimate of drug-likeness (QED) is 0.803. The molecule has 2 rings (SSSR count). The Bertz CT molecular complexity index is 412. The molecular weight excluding hydrogens is 296 g/mol. The molecule has 0 saturated carbocycles. The molecule has 18 heavy (non-hydrogen) atoms. The van der Waals surface area contributed by atoms with Crippen LogP contribution in [0.4, 0.5) is 5.82 Å². The summed E-state index contributed by atoms with van der Waals surface area (Å²) < 4.78 is 11.4. The first-order chi connectivity index (χ1) is 8.55. The van der Waals surface area contributed by atoms with E-state index in [1.807, 2.05) is 12.1 Å². The second-order valence-electron chi connectivity index (χ2n) is 5.06. The average molecular weight is 315 g/mol. The SMILES string of the molecule is COc1cccnc1N1CC(CBr)OC(C)(C)C1. The fourth-order valence-corrected chi connectivity index (χ4v) is 2.65. The number of methoxy groups -OCH3 is 1. The fourth-order valence-electron chi connectivity index (χ4n) is 2.32. The molecule has 0 N–H and O–H groups in total. The molecule has 4 nitrogen and oxygen atoms in total. The van der Waals surface area contributed by atoms with Gasteiger partial charge in [-0.2, -0.15) is 0 Å². The minimum atomic E-state index is -0.181. The van der Waals surface area contributed by atoms with Crippen LogP contribution in [0.25, 0.3) is 0 Å². The van der Waals surface area contributed by atoms with Crippen LogP contribution in [0.3, 0.4) is 0 Å². The first-order valence-corrected chi connectivity index (χ1v) is 7.15. The van der Waals surface area contributed by atoms with Crippen LogP contribution in [0.15, 0.2) is 18.3 Å². The van der Waals surface area contributed by atoms with E-state index in [1.54, 1.807) is 13.3 Å². The van der Waals surface area contributed by atoms with E-state index in [0.717, 1.165) is 30.0 Å². The predicted molar refractivity (Wildman–Crippen MR) is 75.7 cm³/mol. The van der Waals surface area contributed by atoms with E-state index in [-0.39, 0.29) is 11.7 Å². The Labute approximate surface area is 116 Å². The lowest BCUT2D eigenvalue weighted by Crippen LogP contribution is -2.53. The predicted octanol–water partition coefficient (Wildman–Crippen LogP) is 2.47. The summed E-state index contributed by atoms with van der Waals surface area (Å²) in [7, 11) is 1.67. The summed E-state index contributed by atoms with van der Waals surface area (Å²) in [6, 6.07) is 3.82. The summed E-state index contributed by atoms with van der Waals surface area (Å²) in [5.41, 5.74) is -0.181. The van der Waals surface area contributed by atoms with Crippen LogP contribution in [0.5, 0.6) is 5.75 Å². The highest BCUT2D eigenvalue weighted by molar-refractivity contribution is 9.09. The molecule has 1 atom stereocenters. The molecule has 1 aliphatic heterocycles. The van der Waals surface area contributed by atoms with Crippen molar-refractivity contribution in [2.24, 2.45) is 0 Å². The van der Waals surface area contributed by atoms with Gasteiger partial charge in [0.05, 0.1) is 18.8 Å². The molecule has 0 radical (unpaired) electrons. The molecule has 1 fully saturated rings. The summed E-state index contributed by atoms with van der Waals surface area (Å²) in [6.07, 6.45) is 1.96. The zero-order valence-electron chi connectivity index (χ0n) is 11.0. The molecule has 5 heteroatoms. The number of ether oxygens (including phenoxy) is 2. The van der Waals surface area contributed by atoms with Crippen LogP contribution in [0, 0.1) is 0 Å². The van der Waals surface area contributed by atoms with Crippen molar-refractivity contribution < 1.29 is 9.47 Å². The Morgan fingerprint density at radius 3 is 3.06 bits per heavy atom. The molecule has 1 aromatic heterocycles. The third-order valence-corrected chi connectivity index (χ3v) is 3.65. The van der Waals surface area contributed by atoms with Crippen LogP contribution < -0.4 is 9.64 Å². The summed E-state index contributed by atoms with van der Waals surface area (Å²) in [5.74, 6) is 1.70. The first-order valence-electron chi connectivity index (χ1n) is 6.03. The van der Waals surface area contributed by atoms with Gasteiger partial charge in [0.2, 0.25) is 0 Å². The lowest BCUT2D eigenvalue weighted by atomic mass is 10.1. The van der Waals surface area contributed by atoms with Crippen LogP contribution >= 0.6 is 15.9 Å². The van der Waals surface area contributed by atoms with Crippen molar-refractivity contribution in [2.75, 3.05) is 30.4 Å². The normalized spacial score (nSPS) is 22.9. The first kappa shape index (κ1) is 13.6. The number of alkyl halides is 1. The summed E-state index contributed by atoms with van der Waals surface area (Å²) in [5, 5.41) is 0.822. The van der Waals surface area contributed by atoms with Gasteiger partial charge in [0.15, 0.2) is 11.6 Å².